The van der Waals surface area contributed by atoms with E-state index in [-0.39, 0.29) is 17.7 Å². The molecule has 24 heavy (non-hydrogen) atoms. The second-order valence-corrected chi connectivity index (χ2v) is 7.02. The molecule has 1 aromatic carbocycles. The largest absolute Gasteiger partial charge is 0.352 e. The van der Waals surface area contributed by atoms with Gasteiger partial charge in [0.2, 0.25) is 11.8 Å². The van der Waals surface area contributed by atoms with Crippen LogP contribution in [0.2, 0.25) is 0 Å². The van der Waals surface area contributed by atoms with Crippen LogP contribution in [-0.4, -0.2) is 48.3 Å². The SMILES string of the molecule is CN1CC[C@@H](C(=O)NCc2ccc(CN3CCCC3)cc2)CC1=O. The van der Waals surface area contributed by atoms with Crippen LogP contribution in [-0.2, 0) is 22.7 Å². The number of nitrogens with zero attached hydrogens (tertiary/aromatic N) is 2. The summed E-state index contributed by atoms with van der Waals surface area (Å²) in [5.41, 5.74) is 2.43. The Hall–Kier alpha value is -1.88. The number of amides is 2. The maximum absolute atomic E-state index is 12.2. The van der Waals surface area contributed by atoms with E-state index in [1.165, 1.54) is 31.5 Å². The van der Waals surface area contributed by atoms with Crippen LogP contribution in [0.5, 0.6) is 0 Å². The van der Waals surface area contributed by atoms with Crippen molar-refractivity contribution in [2.45, 2.75) is 38.8 Å². The minimum Gasteiger partial charge on any atom is -0.352 e. The number of carbonyl (C=O) groups excluding carboxylic acids is 2. The molecule has 3 rings (SSSR count). The zero-order valence-electron chi connectivity index (χ0n) is 14.5. The van der Waals surface area contributed by atoms with Gasteiger partial charge in [-0.25, -0.2) is 0 Å². The predicted octanol–water partition coefficient (Wildman–Crippen LogP) is 1.77. The summed E-state index contributed by atoms with van der Waals surface area (Å²) in [5.74, 6) is -0.117. The highest BCUT2D eigenvalue weighted by atomic mass is 16.2. The highest BCUT2D eigenvalue weighted by Gasteiger charge is 2.28. The van der Waals surface area contributed by atoms with E-state index >= 15 is 0 Å². The molecule has 2 aliphatic heterocycles. The molecule has 1 atom stereocenters. The molecule has 0 radical (unpaired) electrons. The molecule has 5 nitrogen and oxygen atoms in total. The molecule has 1 N–H and O–H groups in total. The van der Waals surface area contributed by atoms with Crippen molar-refractivity contribution in [1.29, 1.82) is 0 Å². The third kappa shape index (κ3) is 4.35. The summed E-state index contributed by atoms with van der Waals surface area (Å²) < 4.78 is 0. The Bertz CT molecular complexity index is 579. The first-order chi connectivity index (χ1) is 11.6. The first kappa shape index (κ1) is 17.0. The average molecular weight is 329 g/mol. The van der Waals surface area contributed by atoms with Gasteiger partial charge < -0.3 is 10.2 Å². The minimum absolute atomic E-state index is 0.00223. The second kappa shape index (κ2) is 7.79. The molecule has 2 saturated heterocycles. The number of carbonyl (C=O) groups is 2. The molecule has 2 fully saturated rings. The van der Waals surface area contributed by atoms with Crippen molar-refractivity contribution in [3.63, 3.8) is 0 Å². The van der Waals surface area contributed by atoms with Crippen LogP contribution in [0.15, 0.2) is 24.3 Å². The highest BCUT2D eigenvalue weighted by molar-refractivity contribution is 5.86. The lowest BCUT2D eigenvalue weighted by atomic mass is 9.95. The van der Waals surface area contributed by atoms with E-state index in [9.17, 15) is 9.59 Å². The number of likely N-dealkylation sites (tertiary alicyclic amines) is 2. The van der Waals surface area contributed by atoms with Crippen molar-refractivity contribution in [2.24, 2.45) is 5.92 Å². The Kier molecular flexibility index (Phi) is 5.51. The molecule has 2 aliphatic rings. The van der Waals surface area contributed by atoms with E-state index in [4.69, 9.17) is 0 Å². The van der Waals surface area contributed by atoms with Gasteiger partial charge in [-0.05, 0) is 43.5 Å². The van der Waals surface area contributed by atoms with Gasteiger partial charge in [0.15, 0.2) is 0 Å². The number of rotatable bonds is 5. The molecular formula is C19H27N3O2. The zero-order valence-corrected chi connectivity index (χ0v) is 14.5. The number of piperidine rings is 1. The van der Waals surface area contributed by atoms with Crippen LogP contribution in [0.4, 0.5) is 0 Å². The molecule has 0 spiro atoms. The Morgan fingerprint density at radius 1 is 1.12 bits per heavy atom. The number of nitrogens with one attached hydrogen (secondary N) is 1. The lowest BCUT2D eigenvalue weighted by molar-refractivity contribution is -0.139. The van der Waals surface area contributed by atoms with Crippen molar-refractivity contribution < 1.29 is 9.59 Å². The van der Waals surface area contributed by atoms with Crippen molar-refractivity contribution in [1.82, 2.24) is 15.1 Å². The van der Waals surface area contributed by atoms with E-state index < -0.39 is 0 Å². The zero-order chi connectivity index (χ0) is 16.9. The Balaban J connectivity index is 1.45. The summed E-state index contributed by atoms with van der Waals surface area (Å²) in [6, 6.07) is 8.48. The summed E-state index contributed by atoms with van der Waals surface area (Å²) in [6.45, 7) is 4.62. The molecule has 5 heteroatoms. The maximum Gasteiger partial charge on any atom is 0.223 e. The first-order valence-electron chi connectivity index (χ1n) is 8.93. The summed E-state index contributed by atoms with van der Waals surface area (Å²) in [7, 11) is 1.79. The molecule has 130 valence electrons. The fraction of sp³-hybridized carbons (Fsp3) is 0.579. The summed E-state index contributed by atoms with van der Waals surface area (Å²) >= 11 is 0. The fourth-order valence-electron chi connectivity index (χ4n) is 3.46. The van der Waals surface area contributed by atoms with E-state index in [1.807, 2.05) is 0 Å². The molecular weight excluding hydrogens is 302 g/mol. The molecule has 0 aromatic heterocycles. The summed E-state index contributed by atoms with van der Waals surface area (Å²) in [5, 5.41) is 2.98. The van der Waals surface area contributed by atoms with E-state index in [0.717, 1.165) is 18.5 Å². The Labute approximate surface area is 144 Å². The lowest BCUT2D eigenvalue weighted by Gasteiger charge is -2.27. The molecule has 1 aromatic rings. The standard InChI is InChI=1S/C19H27N3O2/c1-21-11-8-17(12-18(21)23)19(24)20-13-15-4-6-16(7-5-15)14-22-9-2-3-10-22/h4-7,17H,2-3,8-14H2,1H3,(H,20,24)/t17-/m1/s1. The smallest absolute Gasteiger partial charge is 0.223 e. The van der Waals surface area contributed by atoms with Crippen molar-refractivity contribution >= 4 is 11.8 Å². The van der Waals surface area contributed by atoms with Crippen LogP contribution >= 0.6 is 0 Å². The average Bonchev–Trinajstić information content (AvgIpc) is 3.09. The van der Waals surface area contributed by atoms with Crippen LogP contribution < -0.4 is 5.32 Å². The fourth-order valence-corrected chi connectivity index (χ4v) is 3.46. The molecule has 0 unspecified atom stereocenters. The third-order valence-electron chi connectivity index (χ3n) is 5.13. The first-order valence-corrected chi connectivity index (χ1v) is 8.93. The Morgan fingerprint density at radius 2 is 1.79 bits per heavy atom. The monoisotopic (exact) mass is 329 g/mol. The van der Waals surface area contributed by atoms with Gasteiger partial charge in [0.1, 0.15) is 0 Å². The van der Waals surface area contributed by atoms with Gasteiger partial charge in [0, 0.05) is 39.0 Å². The summed E-state index contributed by atoms with van der Waals surface area (Å²) in [4.78, 5) is 28.1. The van der Waals surface area contributed by atoms with Crippen LogP contribution in [0, 0.1) is 5.92 Å². The topological polar surface area (TPSA) is 52.7 Å². The number of benzene rings is 1. The number of hydrogen-bond donors (Lipinski definition) is 1. The van der Waals surface area contributed by atoms with Crippen LogP contribution in [0.25, 0.3) is 0 Å². The second-order valence-electron chi connectivity index (χ2n) is 7.02. The van der Waals surface area contributed by atoms with E-state index in [0.29, 0.717) is 19.5 Å². The van der Waals surface area contributed by atoms with Gasteiger partial charge >= 0.3 is 0 Å². The molecule has 0 aliphatic carbocycles. The lowest BCUT2D eigenvalue weighted by Crippen LogP contribution is -2.41. The highest BCUT2D eigenvalue weighted by Crippen LogP contribution is 2.18. The van der Waals surface area contributed by atoms with Gasteiger partial charge in [0.05, 0.1) is 0 Å². The van der Waals surface area contributed by atoms with Crippen LogP contribution in [0.1, 0.15) is 36.8 Å². The normalized spacial score (nSPS) is 22.0. The van der Waals surface area contributed by atoms with Gasteiger partial charge in [-0.1, -0.05) is 24.3 Å². The molecule has 0 saturated carbocycles. The van der Waals surface area contributed by atoms with Crippen molar-refractivity contribution in [2.75, 3.05) is 26.7 Å². The predicted molar refractivity (Wildman–Crippen MR) is 93.2 cm³/mol. The van der Waals surface area contributed by atoms with Crippen LogP contribution in [0.3, 0.4) is 0 Å². The van der Waals surface area contributed by atoms with E-state index in [1.54, 1.807) is 11.9 Å². The third-order valence-corrected chi connectivity index (χ3v) is 5.13. The van der Waals surface area contributed by atoms with Crippen molar-refractivity contribution in [3.8, 4) is 0 Å². The Morgan fingerprint density at radius 3 is 2.46 bits per heavy atom. The molecule has 2 amide bonds. The number of hydrogen-bond acceptors (Lipinski definition) is 3. The molecule has 2 heterocycles. The summed E-state index contributed by atoms with van der Waals surface area (Å²) in [6.07, 6.45) is 3.70. The van der Waals surface area contributed by atoms with E-state index in [2.05, 4.69) is 34.5 Å². The van der Waals surface area contributed by atoms with Gasteiger partial charge in [-0.2, -0.15) is 0 Å². The molecule has 0 bridgehead atoms. The maximum atomic E-state index is 12.2. The van der Waals surface area contributed by atoms with Gasteiger partial charge in [0.25, 0.3) is 0 Å². The van der Waals surface area contributed by atoms with Gasteiger partial charge in [-0.3, -0.25) is 14.5 Å². The minimum atomic E-state index is -0.178. The quantitative estimate of drug-likeness (QED) is 0.896. The van der Waals surface area contributed by atoms with Gasteiger partial charge in [-0.15, -0.1) is 0 Å². The van der Waals surface area contributed by atoms with Crippen molar-refractivity contribution in [3.05, 3.63) is 35.4 Å².